The predicted molar refractivity (Wildman–Crippen MR) is 218 cm³/mol. The fourth-order valence-electron chi connectivity index (χ4n) is 6.50. The molecule has 0 unspecified atom stereocenters. The first-order chi connectivity index (χ1) is 25.6. The molecule has 15 heteroatoms. The molecule has 3 aromatic rings. The van der Waals surface area contributed by atoms with Crippen LogP contribution in [0.1, 0.15) is 53.4 Å². The number of amides is 2. The van der Waals surface area contributed by atoms with Crippen molar-refractivity contribution in [3.8, 4) is 17.6 Å². The van der Waals surface area contributed by atoms with E-state index in [1.54, 1.807) is 31.4 Å². The van der Waals surface area contributed by atoms with Gasteiger partial charge in [-0.3, -0.25) is 9.69 Å². The van der Waals surface area contributed by atoms with E-state index in [9.17, 15) is 14.2 Å². The van der Waals surface area contributed by atoms with Gasteiger partial charge in [0.25, 0.3) is 5.91 Å². The van der Waals surface area contributed by atoms with Crippen molar-refractivity contribution in [2.75, 3.05) is 80.6 Å². The minimum atomic E-state index is -2.60. The summed E-state index contributed by atoms with van der Waals surface area (Å²) in [6, 6.07) is 11.4. The molecule has 2 aliphatic heterocycles. The minimum Gasteiger partial charge on any atom is -0.494 e. The summed E-state index contributed by atoms with van der Waals surface area (Å²) < 4.78 is 24.4. The molecule has 54 heavy (non-hydrogen) atoms. The molecule has 0 aliphatic carbocycles. The SMILES string of the molecule is CCCC#CC(=O)Nc1cc(Nc2ncc(Cl)c(Nc3ccccc3P(C)(C)=O)n2)c(OC)cc1N1CCC(N2CCN(C(=O)OC(C)(C)C)CC2)CC1. The van der Waals surface area contributed by atoms with Gasteiger partial charge >= 0.3 is 6.09 Å². The first-order valence-electron chi connectivity index (χ1n) is 18.3. The number of hydrogen-bond donors (Lipinski definition) is 3. The van der Waals surface area contributed by atoms with Crippen molar-refractivity contribution < 1.29 is 23.6 Å². The first kappa shape index (κ1) is 40.7. The number of unbranched alkanes of at least 4 members (excludes halogenated alkanes) is 1. The van der Waals surface area contributed by atoms with Gasteiger partial charge in [-0.25, -0.2) is 9.78 Å². The fraction of sp³-hybridized carbons (Fsp3) is 0.487. The lowest BCUT2D eigenvalue weighted by Crippen LogP contribution is -2.55. The lowest BCUT2D eigenvalue weighted by Gasteiger charge is -2.43. The highest BCUT2D eigenvalue weighted by molar-refractivity contribution is 7.70. The van der Waals surface area contributed by atoms with Crippen molar-refractivity contribution >= 4 is 70.6 Å². The van der Waals surface area contributed by atoms with E-state index in [-0.39, 0.29) is 17.1 Å². The predicted octanol–water partition coefficient (Wildman–Crippen LogP) is 7.14. The van der Waals surface area contributed by atoms with Crippen molar-refractivity contribution in [2.24, 2.45) is 0 Å². The van der Waals surface area contributed by atoms with Gasteiger partial charge in [0.1, 0.15) is 23.5 Å². The third kappa shape index (κ3) is 10.8. The molecule has 0 radical (unpaired) electrons. The highest BCUT2D eigenvalue weighted by Gasteiger charge is 2.32. The molecule has 13 nitrogen and oxygen atoms in total. The Morgan fingerprint density at radius 2 is 1.70 bits per heavy atom. The van der Waals surface area contributed by atoms with Crippen LogP contribution in [-0.4, -0.2) is 103 Å². The third-order valence-corrected chi connectivity index (χ3v) is 11.0. The third-order valence-electron chi connectivity index (χ3n) is 9.16. The summed E-state index contributed by atoms with van der Waals surface area (Å²) in [4.78, 5) is 41.2. The average molecular weight is 779 g/mol. The number of carbonyl (C=O) groups excluding carboxylic acids is 2. The van der Waals surface area contributed by atoms with E-state index in [0.717, 1.165) is 51.1 Å². The molecule has 2 saturated heterocycles. The fourth-order valence-corrected chi connectivity index (χ4v) is 7.79. The first-order valence-corrected chi connectivity index (χ1v) is 21.3. The normalized spacial score (nSPS) is 15.6. The van der Waals surface area contributed by atoms with Crippen molar-refractivity contribution in [2.45, 2.75) is 65.0 Å². The highest BCUT2D eigenvalue weighted by atomic mass is 35.5. The Bertz CT molecular complexity index is 1920. The molecule has 3 heterocycles. The maximum absolute atomic E-state index is 13.0. The lowest BCUT2D eigenvalue weighted by atomic mass is 10.0. The summed E-state index contributed by atoms with van der Waals surface area (Å²) in [5.74, 6) is 6.31. The number of anilines is 6. The Hall–Kier alpha value is -4.50. The van der Waals surface area contributed by atoms with Gasteiger partial charge in [-0.05, 0) is 77.5 Å². The molecule has 3 N–H and O–H groups in total. The van der Waals surface area contributed by atoms with Crippen LogP contribution >= 0.6 is 18.7 Å². The summed E-state index contributed by atoms with van der Waals surface area (Å²) in [5, 5.41) is 10.4. The highest BCUT2D eigenvalue weighted by Crippen LogP contribution is 2.41. The monoisotopic (exact) mass is 778 g/mol. The van der Waals surface area contributed by atoms with Gasteiger partial charge in [0.05, 0.1) is 36.1 Å². The molecule has 0 bridgehead atoms. The Kier molecular flexibility index (Phi) is 13.4. The van der Waals surface area contributed by atoms with Crippen molar-refractivity contribution in [1.29, 1.82) is 0 Å². The van der Waals surface area contributed by atoms with Gasteiger partial charge in [-0.15, -0.1) is 0 Å². The van der Waals surface area contributed by atoms with Gasteiger partial charge in [0.15, 0.2) is 5.82 Å². The van der Waals surface area contributed by atoms with Crippen molar-refractivity contribution in [3.05, 3.63) is 47.6 Å². The van der Waals surface area contributed by atoms with E-state index in [2.05, 4.69) is 47.6 Å². The molecular weight excluding hydrogens is 727 g/mol. The zero-order chi connectivity index (χ0) is 39.0. The number of nitrogens with zero attached hydrogens (tertiary/aromatic N) is 5. The van der Waals surface area contributed by atoms with Crippen molar-refractivity contribution in [1.82, 2.24) is 19.8 Å². The Labute approximate surface area is 323 Å². The molecule has 0 atom stereocenters. The van der Waals surface area contributed by atoms with E-state index in [1.807, 2.05) is 58.0 Å². The maximum Gasteiger partial charge on any atom is 0.410 e. The number of piperazine rings is 1. The van der Waals surface area contributed by atoms with E-state index in [0.29, 0.717) is 59.5 Å². The number of hydrogen-bond acceptors (Lipinski definition) is 11. The van der Waals surface area contributed by atoms with Crippen LogP contribution in [0.3, 0.4) is 0 Å². The average Bonchev–Trinajstić information content (AvgIpc) is 3.12. The van der Waals surface area contributed by atoms with Crippen LogP contribution in [0.4, 0.5) is 39.3 Å². The molecule has 290 valence electrons. The van der Waals surface area contributed by atoms with Crippen LogP contribution in [0.2, 0.25) is 5.02 Å². The van der Waals surface area contributed by atoms with Crippen LogP contribution in [0.15, 0.2) is 42.6 Å². The summed E-state index contributed by atoms with van der Waals surface area (Å²) >= 11 is 6.52. The second-order valence-corrected chi connectivity index (χ2v) is 18.4. The second-order valence-electron chi connectivity index (χ2n) is 14.8. The van der Waals surface area contributed by atoms with Gasteiger partial charge in [0.2, 0.25) is 5.95 Å². The standard InChI is InChI=1S/C39H52ClN8O5P/c1-8-9-10-15-35(49)42-30-24-31(44-37-41-26-28(40)36(45-37)43-29-13-11-12-14-34(29)54(6,7)51)33(52-5)25-32(30)47-18-16-27(17-19-47)46-20-22-48(23-21-46)38(50)53-39(2,3)4/h11-14,24-27H,8-9,16-23H2,1-7H3,(H,42,49)(H2,41,43,44,45). The number of piperidine rings is 1. The number of nitrogens with one attached hydrogen (secondary N) is 3. The van der Waals surface area contributed by atoms with Gasteiger partial charge < -0.3 is 39.8 Å². The molecule has 0 saturated carbocycles. The van der Waals surface area contributed by atoms with E-state index < -0.39 is 18.7 Å². The van der Waals surface area contributed by atoms with Gasteiger partial charge in [-0.2, -0.15) is 4.98 Å². The molecule has 2 aliphatic rings. The number of aromatic nitrogens is 2. The number of para-hydroxylation sites is 1. The van der Waals surface area contributed by atoms with E-state index in [1.165, 1.54) is 6.20 Å². The number of methoxy groups -OCH3 is 1. The number of rotatable bonds is 10. The van der Waals surface area contributed by atoms with Crippen molar-refractivity contribution in [3.63, 3.8) is 0 Å². The minimum absolute atomic E-state index is 0.231. The lowest BCUT2D eigenvalue weighted by molar-refractivity contribution is -0.111. The summed E-state index contributed by atoms with van der Waals surface area (Å²) in [6.07, 6.45) is 4.53. The van der Waals surface area contributed by atoms with Crippen LogP contribution < -0.4 is 30.9 Å². The smallest absolute Gasteiger partial charge is 0.410 e. The number of halogens is 1. The molecule has 2 aromatic carbocycles. The molecule has 2 fully saturated rings. The maximum atomic E-state index is 13.0. The van der Waals surface area contributed by atoms with E-state index >= 15 is 0 Å². The molecule has 0 spiro atoms. The number of benzene rings is 2. The quantitative estimate of drug-likeness (QED) is 0.143. The second kappa shape index (κ2) is 17.8. The van der Waals surface area contributed by atoms with Crippen LogP contribution in [0, 0.1) is 11.8 Å². The molecule has 5 rings (SSSR count). The van der Waals surface area contributed by atoms with Crippen LogP contribution in [-0.2, 0) is 14.1 Å². The zero-order valence-corrected chi connectivity index (χ0v) is 33.9. The summed E-state index contributed by atoms with van der Waals surface area (Å²) in [6.45, 7) is 15.5. The summed E-state index contributed by atoms with van der Waals surface area (Å²) in [5.41, 5.74) is 2.03. The Balaban J connectivity index is 1.35. The van der Waals surface area contributed by atoms with Crippen LogP contribution in [0.25, 0.3) is 0 Å². The zero-order valence-electron chi connectivity index (χ0n) is 32.3. The molecule has 1 aromatic heterocycles. The largest absolute Gasteiger partial charge is 0.494 e. The summed E-state index contributed by atoms with van der Waals surface area (Å²) in [7, 11) is -1.01. The number of ether oxygens (including phenoxy) is 2. The van der Waals surface area contributed by atoms with Crippen LogP contribution in [0.5, 0.6) is 5.75 Å². The van der Waals surface area contributed by atoms with E-state index in [4.69, 9.17) is 21.1 Å². The topological polar surface area (TPSA) is 141 Å². The number of carbonyl (C=O) groups is 2. The molecular formula is C39H52ClN8O5P. The molecule has 2 amide bonds. The van der Waals surface area contributed by atoms with Gasteiger partial charge in [0, 0.05) is 63.1 Å². The Morgan fingerprint density at radius 3 is 2.35 bits per heavy atom. The Morgan fingerprint density at radius 1 is 1.00 bits per heavy atom. The van der Waals surface area contributed by atoms with Gasteiger partial charge in [-0.1, -0.05) is 36.6 Å².